The van der Waals surface area contributed by atoms with Gasteiger partial charge < -0.3 is 9.84 Å². The van der Waals surface area contributed by atoms with Gasteiger partial charge in [0.25, 0.3) is 0 Å². The number of alkyl halides is 3. The van der Waals surface area contributed by atoms with E-state index in [9.17, 15) is 18.0 Å². The average Bonchev–Trinajstić information content (AvgIpc) is 3.14. The maximum Gasteiger partial charge on any atom is 0.573 e. The molecule has 3 aromatic rings. The van der Waals surface area contributed by atoms with Crippen LogP contribution in [-0.2, 0) is 6.54 Å². The number of hydrogen-bond acceptors (Lipinski definition) is 5. The first kappa shape index (κ1) is 17.9. The summed E-state index contributed by atoms with van der Waals surface area (Å²) in [6.45, 7) is 1.95. The molecule has 0 aliphatic rings. The highest BCUT2D eigenvalue weighted by Gasteiger charge is 2.30. The van der Waals surface area contributed by atoms with Gasteiger partial charge in [-0.25, -0.2) is 9.78 Å². The Kier molecular flexibility index (Phi) is 4.68. The number of nitrogens with zero attached hydrogens (tertiary/aromatic N) is 3. The monoisotopic (exact) mass is 383 g/mol. The van der Waals surface area contributed by atoms with Gasteiger partial charge in [0.2, 0.25) is 0 Å². The number of aryl methyl sites for hydroxylation is 1. The van der Waals surface area contributed by atoms with Crippen molar-refractivity contribution in [2.24, 2.45) is 0 Å². The number of aromatic nitrogens is 3. The Hall–Kier alpha value is -2.88. The number of carbonyl (C=O) groups is 1. The molecule has 0 unspecified atom stereocenters. The molecule has 0 aliphatic heterocycles. The number of ether oxygens (including phenoxy) is 1. The highest BCUT2D eigenvalue weighted by Crippen LogP contribution is 2.27. The molecule has 1 aromatic carbocycles. The minimum Gasteiger partial charge on any atom is -0.477 e. The van der Waals surface area contributed by atoms with Gasteiger partial charge in [-0.3, -0.25) is 4.68 Å². The molecule has 10 heteroatoms. The van der Waals surface area contributed by atoms with Crippen LogP contribution in [0.2, 0.25) is 0 Å². The van der Waals surface area contributed by atoms with Gasteiger partial charge in [-0.2, -0.15) is 5.10 Å². The lowest BCUT2D eigenvalue weighted by molar-refractivity contribution is -0.274. The first-order valence-corrected chi connectivity index (χ1v) is 8.12. The van der Waals surface area contributed by atoms with Gasteiger partial charge >= 0.3 is 12.3 Å². The molecule has 0 fully saturated rings. The van der Waals surface area contributed by atoms with Crippen LogP contribution in [0, 0.1) is 6.92 Å². The predicted octanol–water partition coefficient (Wildman–Crippen LogP) is 3.96. The van der Waals surface area contributed by atoms with Crippen molar-refractivity contribution in [3.8, 4) is 16.5 Å². The highest BCUT2D eigenvalue weighted by atomic mass is 32.1. The Morgan fingerprint density at radius 1 is 1.27 bits per heavy atom. The lowest BCUT2D eigenvalue weighted by atomic mass is 10.2. The van der Waals surface area contributed by atoms with Crippen LogP contribution in [0.4, 0.5) is 13.2 Å². The molecule has 3 rings (SSSR count). The molecule has 2 heterocycles. The fourth-order valence-electron chi connectivity index (χ4n) is 2.25. The van der Waals surface area contributed by atoms with E-state index in [2.05, 4.69) is 14.8 Å². The number of carboxylic acid groups (broad SMARTS) is 1. The summed E-state index contributed by atoms with van der Waals surface area (Å²) in [4.78, 5) is 15.5. The van der Waals surface area contributed by atoms with E-state index in [0.29, 0.717) is 22.9 Å². The third-order valence-electron chi connectivity index (χ3n) is 3.35. The van der Waals surface area contributed by atoms with Crippen molar-refractivity contribution in [2.45, 2.75) is 19.8 Å². The predicted molar refractivity (Wildman–Crippen MR) is 87.3 cm³/mol. The van der Waals surface area contributed by atoms with Crippen molar-refractivity contribution < 1.29 is 27.8 Å². The Morgan fingerprint density at radius 3 is 2.54 bits per heavy atom. The van der Waals surface area contributed by atoms with Gasteiger partial charge in [-0.1, -0.05) is 12.1 Å². The van der Waals surface area contributed by atoms with Crippen LogP contribution < -0.4 is 4.74 Å². The zero-order valence-electron chi connectivity index (χ0n) is 13.3. The van der Waals surface area contributed by atoms with E-state index in [4.69, 9.17) is 5.11 Å². The van der Waals surface area contributed by atoms with Crippen LogP contribution in [0.1, 0.15) is 20.9 Å². The fraction of sp³-hybridized carbons (Fsp3) is 0.188. The summed E-state index contributed by atoms with van der Waals surface area (Å²) < 4.78 is 41.9. The van der Waals surface area contributed by atoms with Crippen molar-refractivity contribution in [1.29, 1.82) is 0 Å². The number of thiazole rings is 1. The lowest BCUT2D eigenvalue weighted by Gasteiger charge is -2.09. The SMILES string of the molecule is Cc1nc(-c2ccn(Cc3ccc(OC(F)(F)F)cc3)n2)sc1C(=O)O. The largest absolute Gasteiger partial charge is 0.573 e. The van der Waals surface area contributed by atoms with E-state index in [0.717, 1.165) is 16.9 Å². The van der Waals surface area contributed by atoms with Gasteiger partial charge in [0.15, 0.2) is 0 Å². The van der Waals surface area contributed by atoms with Crippen LogP contribution in [0.25, 0.3) is 10.7 Å². The second-order valence-corrected chi connectivity index (χ2v) is 6.33. The molecule has 0 atom stereocenters. The summed E-state index contributed by atoms with van der Waals surface area (Å²) in [5.41, 5.74) is 1.69. The van der Waals surface area contributed by atoms with Crippen LogP contribution in [-0.4, -0.2) is 32.2 Å². The fourth-order valence-corrected chi connectivity index (χ4v) is 3.12. The summed E-state index contributed by atoms with van der Waals surface area (Å²) in [6.07, 6.45) is -3.04. The number of halogens is 3. The second kappa shape index (κ2) is 6.79. The minimum atomic E-state index is -4.72. The molecule has 0 bridgehead atoms. The average molecular weight is 383 g/mol. The third kappa shape index (κ3) is 4.20. The summed E-state index contributed by atoms with van der Waals surface area (Å²) in [5.74, 6) is -1.33. The first-order chi connectivity index (χ1) is 12.2. The summed E-state index contributed by atoms with van der Waals surface area (Å²) in [6, 6.07) is 7.19. The van der Waals surface area contributed by atoms with E-state index >= 15 is 0 Å². The van der Waals surface area contributed by atoms with E-state index in [1.165, 1.54) is 24.3 Å². The standard InChI is InChI=1S/C16H12F3N3O3S/c1-9-13(15(23)24)26-14(20-9)12-6-7-22(21-12)8-10-2-4-11(5-3-10)25-16(17,18)19/h2-7H,8H2,1H3,(H,23,24). The minimum absolute atomic E-state index is 0.162. The quantitative estimate of drug-likeness (QED) is 0.722. The van der Waals surface area contributed by atoms with Crippen LogP contribution in [0.15, 0.2) is 36.5 Å². The zero-order valence-corrected chi connectivity index (χ0v) is 14.1. The molecular weight excluding hydrogens is 371 g/mol. The third-order valence-corrected chi connectivity index (χ3v) is 4.52. The van der Waals surface area contributed by atoms with Gasteiger partial charge in [0, 0.05) is 6.20 Å². The van der Waals surface area contributed by atoms with E-state index in [1.54, 1.807) is 23.9 Å². The molecule has 1 N–H and O–H groups in total. The molecule has 0 saturated carbocycles. The summed E-state index contributed by atoms with van der Waals surface area (Å²) >= 11 is 1.04. The van der Waals surface area contributed by atoms with E-state index in [1.807, 2.05) is 0 Å². The van der Waals surface area contributed by atoms with Crippen molar-refractivity contribution in [2.75, 3.05) is 0 Å². The van der Waals surface area contributed by atoms with Crippen molar-refractivity contribution >= 4 is 17.3 Å². The molecule has 0 radical (unpaired) electrons. The molecule has 2 aromatic heterocycles. The van der Waals surface area contributed by atoms with Gasteiger partial charge in [-0.15, -0.1) is 24.5 Å². The molecule has 0 aliphatic carbocycles. The molecule has 0 spiro atoms. The van der Waals surface area contributed by atoms with E-state index in [-0.39, 0.29) is 10.6 Å². The van der Waals surface area contributed by atoms with Crippen molar-refractivity contribution in [3.05, 3.63) is 52.7 Å². The van der Waals surface area contributed by atoms with Crippen LogP contribution in [0.3, 0.4) is 0 Å². The Balaban J connectivity index is 1.72. The van der Waals surface area contributed by atoms with Crippen molar-refractivity contribution in [1.82, 2.24) is 14.8 Å². The maximum absolute atomic E-state index is 12.2. The van der Waals surface area contributed by atoms with E-state index < -0.39 is 12.3 Å². The summed E-state index contributed by atoms with van der Waals surface area (Å²) in [7, 11) is 0. The Morgan fingerprint density at radius 2 is 1.96 bits per heavy atom. The topological polar surface area (TPSA) is 77.2 Å². The summed E-state index contributed by atoms with van der Waals surface area (Å²) in [5, 5.41) is 13.9. The number of aromatic carboxylic acids is 1. The van der Waals surface area contributed by atoms with Crippen LogP contribution in [0.5, 0.6) is 5.75 Å². The smallest absolute Gasteiger partial charge is 0.477 e. The second-order valence-electron chi connectivity index (χ2n) is 5.33. The molecule has 6 nitrogen and oxygen atoms in total. The highest BCUT2D eigenvalue weighted by molar-refractivity contribution is 7.17. The molecule has 0 amide bonds. The van der Waals surface area contributed by atoms with Crippen LogP contribution >= 0.6 is 11.3 Å². The molecule has 0 saturated heterocycles. The zero-order chi connectivity index (χ0) is 18.9. The maximum atomic E-state index is 12.2. The van der Waals surface area contributed by atoms with Gasteiger partial charge in [0.1, 0.15) is 21.3 Å². The number of benzene rings is 1. The van der Waals surface area contributed by atoms with Crippen molar-refractivity contribution in [3.63, 3.8) is 0 Å². The van der Waals surface area contributed by atoms with Gasteiger partial charge in [0.05, 0.1) is 12.2 Å². The lowest BCUT2D eigenvalue weighted by Crippen LogP contribution is -2.17. The number of hydrogen-bond donors (Lipinski definition) is 1. The number of carboxylic acids is 1. The normalized spacial score (nSPS) is 11.5. The first-order valence-electron chi connectivity index (χ1n) is 7.30. The molecule has 136 valence electrons. The Bertz CT molecular complexity index is 932. The Labute approximate surface area is 149 Å². The van der Waals surface area contributed by atoms with Gasteiger partial charge in [-0.05, 0) is 30.7 Å². The molecular formula is C16H12F3N3O3S. The number of rotatable bonds is 5. The molecule has 26 heavy (non-hydrogen) atoms.